The second kappa shape index (κ2) is 4.29. The van der Waals surface area contributed by atoms with Crippen LogP contribution in [0.2, 0.25) is 0 Å². The molecule has 3 amide bonds. The number of carbonyl (C=O) groups is 3. The quantitative estimate of drug-likeness (QED) is 0.658. The standard InChI is InChI=1S/C17H16N2O3/c18-16(22)17-8-6-10(7-9-17)12-13(17)15(21)19(14(12)20)11-4-2-1-3-5-11/h1-6,8,10,12-13H,7,9H2,(H2,18,22)/t10-,12-,13-,17-/m0/s1. The highest BCUT2D eigenvalue weighted by Crippen LogP contribution is 2.56. The maximum absolute atomic E-state index is 12.9. The Bertz CT molecular complexity index is 712. The lowest BCUT2D eigenvalue weighted by atomic mass is 9.54. The van der Waals surface area contributed by atoms with Crippen LogP contribution in [0.5, 0.6) is 0 Å². The number of fused-ring (bicyclic) bond motifs is 1. The monoisotopic (exact) mass is 296 g/mol. The van der Waals surface area contributed by atoms with Gasteiger partial charge in [-0.15, -0.1) is 0 Å². The van der Waals surface area contributed by atoms with Crippen molar-refractivity contribution in [3.8, 4) is 0 Å². The van der Waals surface area contributed by atoms with Gasteiger partial charge in [-0.3, -0.25) is 14.4 Å². The molecule has 1 aromatic rings. The fraction of sp³-hybridized carbons (Fsp3) is 0.353. The number of allylic oxidation sites excluding steroid dienone is 1. The van der Waals surface area contributed by atoms with E-state index in [1.54, 1.807) is 30.3 Å². The molecule has 4 atom stereocenters. The first-order chi connectivity index (χ1) is 10.6. The number of para-hydroxylation sites is 1. The maximum Gasteiger partial charge on any atom is 0.239 e. The molecule has 0 aromatic heterocycles. The molecule has 112 valence electrons. The largest absolute Gasteiger partial charge is 0.369 e. The molecule has 1 aliphatic heterocycles. The van der Waals surface area contributed by atoms with Gasteiger partial charge in [0, 0.05) is 0 Å². The summed E-state index contributed by atoms with van der Waals surface area (Å²) in [6.07, 6.45) is 4.94. The Hall–Kier alpha value is -2.43. The summed E-state index contributed by atoms with van der Waals surface area (Å²) in [5.41, 5.74) is 5.17. The summed E-state index contributed by atoms with van der Waals surface area (Å²) in [7, 11) is 0. The SMILES string of the molecule is NC(=O)[C@@]12C=C[C@@H](CC1)[C@@H]1C(=O)N(c3ccccc3)C(=O)[C@H]12. The molecule has 2 bridgehead atoms. The van der Waals surface area contributed by atoms with Crippen LogP contribution in [-0.2, 0) is 14.4 Å². The van der Waals surface area contributed by atoms with Crippen molar-refractivity contribution in [2.24, 2.45) is 28.9 Å². The van der Waals surface area contributed by atoms with Gasteiger partial charge < -0.3 is 5.73 Å². The molecule has 2 N–H and O–H groups in total. The van der Waals surface area contributed by atoms with Crippen LogP contribution in [0.3, 0.4) is 0 Å². The first-order valence-electron chi connectivity index (χ1n) is 7.48. The fourth-order valence-corrected chi connectivity index (χ4v) is 4.29. The topological polar surface area (TPSA) is 80.5 Å². The first kappa shape index (κ1) is 13.2. The van der Waals surface area contributed by atoms with Crippen LogP contribution in [-0.4, -0.2) is 17.7 Å². The average Bonchev–Trinajstić information content (AvgIpc) is 2.83. The Morgan fingerprint density at radius 2 is 1.91 bits per heavy atom. The molecule has 5 nitrogen and oxygen atoms in total. The van der Waals surface area contributed by atoms with Crippen molar-refractivity contribution in [2.75, 3.05) is 4.90 Å². The van der Waals surface area contributed by atoms with Gasteiger partial charge in [-0.05, 0) is 30.9 Å². The molecule has 5 heteroatoms. The van der Waals surface area contributed by atoms with Crippen molar-refractivity contribution in [3.05, 3.63) is 42.5 Å². The van der Waals surface area contributed by atoms with Crippen LogP contribution >= 0.6 is 0 Å². The van der Waals surface area contributed by atoms with Crippen LogP contribution in [0.15, 0.2) is 42.5 Å². The number of rotatable bonds is 2. The third-order valence-corrected chi connectivity index (χ3v) is 5.37. The molecule has 1 aromatic carbocycles. The minimum atomic E-state index is -1.00. The van der Waals surface area contributed by atoms with E-state index in [2.05, 4.69) is 0 Å². The van der Waals surface area contributed by atoms with Gasteiger partial charge in [0.15, 0.2) is 0 Å². The summed E-state index contributed by atoms with van der Waals surface area (Å²) < 4.78 is 0. The Kier molecular flexibility index (Phi) is 2.58. The summed E-state index contributed by atoms with van der Waals surface area (Å²) in [4.78, 5) is 39.0. The minimum Gasteiger partial charge on any atom is -0.369 e. The molecule has 5 rings (SSSR count). The summed E-state index contributed by atoms with van der Waals surface area (Å²) in [5.74, 6) is -2.10. The summed E-state index contributed by atoms with van der Waals surface area (Å²) in [5, 5.41) is 0. The van der Waals surface area contributed by atoms with E-state index < -0.39 is 23.2 Å². The Balaban J connectivity index is 1.84. The van der Waals surface area contributed by atoms with E-state index in [-0.39, 0.29) is 17.7 Å². The second-order valence-corrected chi connectivity index (χ2v) is 6.32. The lowest BCUT2D eigenvalue weighted by molar-refractivity contribution is -0.141. The summed E-state index contributed by atoms with van der Waals surface area (Å²) >= 11 is 0. The van der Waals surface area contributed by atoms with Crippen molar-refractivity contribution in [3.63, 3.8) is 0 Å². The zero-order valence-corrected chi connectivity index (χ0v) is 11.9. The zero-order chi connectivity index (χ0) is 15.5. The Morgan fingerprint density at radius 3 is 2.50 bits per heavy atom. The maximum atomic E-state index is 12.9. The number of benzene rings is 1. The van der Waals surface area contributed by atoms with Gasteiger partial charge in [0.25, 0.3) is 0 Å². The van der Waals surface area contributed by atoms with E-state index in [4.69, 9.17) is 5.73 Å². The van der Waals surface area contributed by atoms with E-state index in [0.717, 1.165) is 6.42 Å². The van der Waals surface area contributed by atoms with Gasteiger partial charge in [0.2, 0.25) is 17.7 Å². The molecule has 1 saturated heterocycles. The summed E-state index contributed by atoms with van der Waals surface area (Å²) in [6.45, 7) is 0. The van der Waals surface area contributed by atoms with Crippen molar-refractivity contribution in [1.29, 1.82) is 0 Å². The molecule has 0 spiro atoms. The molecule has 3 aliphatic carbocycles. The van der Waals surface area contributed by atoms with Crippen LogP contribution in [0.25, 0.3) is 0 Å². The third-order valence-electron chi connectivity index (χ3n) is 5.37. The number of primary amides is 1. The Morgan fingerprint density at radius 1 is 1.18 bits per heavy atom. The van der Waals surface area contributed by atoms with Gasteiger partial charge >= 0.3 is 0 Å². The average molecular weight is 296 g/mol. The minimum absolute atomic E-state index is 0.0244. The lowest BCUT2D eigenvalue weighted by Crippen LogP contribution is -2.53. The Labute approximate surface area is 127 Å². The van der Waals surface area contributed by atoms with Crippen molar-refractivity contribution < 1.29 is 14.4 Å². The van der Waals surface area contributed by atoms with Gasteiger partial charge in [0.05, 0.1) is 22.9 Å². The number of hydrogen-bond donors (Lipinski definition) is 1. The second-order valence-electron chi connectivity index (χ2n) is 6.32. The van der Waals surface area contributed by atoms with Gasteiger partial charge in [0.1, 0.15) is 0 Å². The number of imide groups is 1. The zero-order valence-electron chi connectivity index (χ0n) is 11.9. The molecular formula is C17H16N2O3. The van der Waals surface area contributed by atoms with Crippen molar-refractivity contribution in [2.45, 2.75) is 12.8 Å². The molecule has 22 heavy (non-hydrogen) atoms. The predicted octanol–water partition coefficient (Wildman–Crippen LogP) is 1.24. The number of amides is 3. The molecule has 4 aliphatic rings. The van der Waals surface area contributed by atoms with Crippen LogP contribution < -0.4 is 10.6 Å². The van der Waals surface area contributed by atoms with E-state index in [0.29, 0.717) is 12.1 Å². The smallest absolute Gasteiger partial charge is 0.239 e. The van der Waals surface area contributed by atoms with Crippen LogP contribution in [0.4, 0.5) is 5.69 Å². The van der Waals surface area contributed by atoms with Crippen molar-refractivity contribution >= 4 is 23.4 Å². The van der Waals surface area contributed by atoms with E-state index in [1.807, 2.05) is 12.1 Å². The molecule has 1 heterocycles. The van der Waals surface area contributed by atoms with Gasteiger partial charge in [-0.1, -0.05) is 30.4 Å². The number of carbonyl (C=O) groups excluding carboxylic acids is 3. The van der Waals surface area contributed by atoms with Crippen LogP contribution in [0, 0.1) is 23.2 Å². The number of nitrogens with two attached hydrogens (primary N) is 1. The van der Waals surface area contributed by atoms with E-state index in [9.17, 15) is 14.4 Å². The molecule has 0 radical (unpaired) electrons. The summed E-state index contributed by atoms with van der Waals surface area (Å²) in [6, 6.07) is 8.87. The highest BCUT2D eigenvalue weighted by molar-refractivity contribution is 6.23. The molecular weight excluding hydrogens is 280 g/mol. The highest BCUT2D eigenvalue weighted by atomic mass is 16.2. The number of hydrogen-bond acceptors (Lipinski definition) is 3. The number of anilines is 1. The fourth-order valence-electron chi connectivity index (χ4n) is 4.29. The first-order valence-corrected chi connectivity index (χ1v) is 7.48. The van der Waals surface area contributed by atoms with E-state index in [1.165, 1.54) is 4.90 Å². The highest BCUT2D eigenvalue weighted by Gasteiger charge is 2.65. The van der Waals surface area contributed by atoms with Gasteiger partial charge in [-0.25, -0.2) is 4.90 Å². The molecule has 2 fully saturated rings. The van der Waals surface area contributed by atoms with Gasteiger partial charge in [-0.2, -0.15) is 0 Å². The molecule has 1 saturated carbocycles. The van der Waals surface area contributed by atoms with E-state index >= 15 is 0 Å². The normalized spacial score (nSPS) is 35.8. The van der Waals surface area contributed by atoms with Crippen LogP contribution in [0.1, 0.15) is 12.8 Å². The predicted molar refractivity (Wildman–Crippen MR) is 79.4 cm³/mol. The number of nitrogens with zero attached hydrogens (tertiary/aromatic N) is 1. The third kappa shape index (κ3) is 1.46. The van der Waals surface area contributed by atoms with Crippen molar-refractivity contribution in [1.82, 2.24) is 0 Å². The molecule has 0 unspecified atom stereocenters. The lowest BCUT2D eigenvalue weighted by Gasteiger charge is -2.45.